The molecular formula is C20H30N2O3S2. The third-order valence-corrected chi connectivity index (χ3v) is 8.62. The lowest BCUT2D eigenvalue weighted by Crippen LogP contribution is -2.32. The second kappa shape index (κ2) is 9.94. The standard InChI is InChI=1S/C20H30N2O3S2/c23-20(21-12-15-26-18-9-3-4-10-18)17-8-7-11-19(16-17)27(24,25)22-13-5-1-2-6-14-22/h7-8,11,16,18H,1-6,9-10,12-15H2,(H,21,23). The Kier molecular flexibility index (Phi) is 7.61. The third-order valence-electron chi connectivity index (χ3n) is 5.34. The molecule has 0 bridgehead atoms. The average Bonchev–Trinajstić information content (AvgIpc) is 3.04. The monoisotopic (exact) mass is 410 g/mol. The zero-order valence-electron chi connectivity index (χ0n) is 15.9. The number of hydrogen-bond acceptors (Lipinski definition) is 4. The van der Waals surface area contributed by atoms with Crippen LogP contribution in [0.4, 0.5) is 0 Å². The summed E-state index contributed by atoms with van der Waals surface area (Å²) >= 11 is 1.93. The van der Waals surface area contributed by atoms with Gasteiger partial charge in [-0.15, -0.1) is 0 Å². The minimum absolute atomic E-state index is 0.199. The quantitative estimate of drug-likeness (QED) is 0.697. The number of rotatable bonds is 7. The van der Waals surface area contributed by atoms with Crippen molar-refractivity contribution in [2.45, 2.75) is 61.5 Å². The van der Waals surface area contributed by atoms with Crippen LogP contribution >= 0.6 is 11.8 Å². The topological polar surface area (TPSA) is 66.5 Å². The molecular weight excluding hydrogens is 380 g/mol. The van der Waals surface area contributed by atoms with Gasteiger partial charge in [-0.3, -0.25) is 4.79 Å². The summed E-state index contributed by atoms with van der Waals surface area (Å²) < 4.78 is 27.4. The molecule has 1 aromatic carbocycles. The number of benzene rings is 1. The van der Waals surface area contributed by atoms with Crippen LogP contribution in [-0.2, 0) is 10.0 Å². The van der Waals surface area contributed by atoms with Gasteiger partial charge in [-0.1, -0.05) is 31.7 Å². The van der Waals surface area contributed by atoms with Crippen molar-refractivity contribution in [1.82, 2.24) is 9.62 Å². The first kappa shape index (κ1) is 20.7. The number of carbonyl (C=O) groups excluding carboxylic acids is 1. The van der Waals surface area contributed by atoms with Crippen LogP contribution in [0.15, 0.2) is 29.2 Å². The van der Waals surface area contributed by atoms with E-state index in [1.54, 1.807) is 22.5 Å². The predicted octanol–water partition coefficient (Wildman–Crippen LogP) is 3.66. The van der Waals surface area contributed by atoms with Crippen molar-refractivity contribution in [2.24, 2.45) is 0 Å². The van der Waals surface area contributed by atoms with Gasteiger partial charge in [0.25, 0.3) is 5.91 Å². The van der Waals surface area contributed by atoms with E-state index >= 15 is 0 Å². The van der Waals surface area contributed by atoms with Crippen LogP contribution in [0.1, 0.15) is 61.7 Å². The molecule has 1 N–H and O–H groups in total. The molecule has 0 spiro atoms. The summed E-state index contributed by atoms with van der Waals surface area (Å²) in [5.41, 5.74) is 0.414. The van der Waals surface area contributed by atoms with Crippen molar-refractivity contribution in [3.63, 3.8) is 0 Å². The average molecular weight is 411 g/mol. The van der Waals surface area contributed by atoms with Crippen molar-refractivity contribution in [3.05, 3.63) is 29.8 Å². The molecule has 27 heavy (non-hydrogen) atoms. The van der Waals surface area contributed by atoms with Gasteiger partial charge in [0.2, 0.25) is 10.0 Å². The van der Waals surface area contributed by atoms with E-state index < -0.39 is 10.0 Å². The largest absolute Gasteiger partial charge is 0.351 e. The Bertz CT molecular complexity index is 722. The second-order valence-corrected chi connectivity index (χ2v) is 10.7. The van der Waals surface area contributed by atoms with Gasteiger partial charge >= 0.3 is 0 Å². The maximum absolute atomic E-state index is 12.9. The van der Waals surface area contributed by atoms with Gasteiger partial charge in [0, 0.05) is 36.2 Å². The molecule has 1 aliphatic heterocycles. The van der Waals surface area contributed by atoms with E-state index in [0.717, 1.165) is 36.7 Å². The maximum atomic E-state index is 12.9. The van der Waals surface area contributed by atoms with Gasteiger partial charge < -0.3 is 5.32 Å². The Hall–Kier alpha value is -1.05. The molecule has 0 unspecified atom stereocenters. The molecule has 5 nitrogen and oxygen atoms in total. The maximum Gasteiger partial charge on any atom is 0.251 e. The molecule has 0 atom stereocenters. The van der Waals surface area contributed by atoms with Gasteiger partial charge in [-0.05, 0) is 43.9 Å². The Labute approximate surface area is 167 Å². The molecule has 1 heterocycles. The molecule has 1 aliphatic carbocycles. The molecule has 1 amide bonds. The van der Waals surface area contributed by atoms with E-state index in [1.807, 2.05) is 11.8 Å². The smallest absolute Gasteiger partial charge is 0.251 e. The summed E-state index contributed by atoms with van der Waals surface area (Å²) in [6, 6.07) is 6.44. The van der Waals surface area contributed by atoms with Crippen molar-refractivity contribution in [2.75, 3.05) is 25.4 Å². The van der Waals surface area contributed by atoms with E-state index in [4.69, 9.17) is 0 Å². The van der Waals surface area contributed by atoms with Crippen LogP contribution in [0, 0.1) is 0 Å². The van der Waals surface area contributed by atoms with E-state index in [1.165, 1.54) is 31.7 Å². The van der Waals surface area contributed by atoms with Crippen molar-refractivity contribution in [1.29, 1.82) is 0 Å². The molecule has 150 valence electrons. The highest BCUT2D eigenvalue weighted by atomic mass is 32.2. The van der Waals surface area contributed by atoms with Gasteiger partial charge in [0.1, 0.15) is 0 Å². The van der Waals surface area contributed by atoms with Crippen LogP contribution < -0.4 is 5.32 Å². The molecule has 1 saturated carbocycles. The van der Waals surface area contributed by atoms with Crippen LogP contribution in [0.5, 0.6) is 0 Å². The molecule has 0 radical (unpaired) electrons. The number of thioether (sulfide) groups is 1. The van der Waals surface area contributed by atoms with Crippen LogP contribution in [0.25, 0.3) is 0 Å². The Morgan fingerprint density at radius 1 is 1.07 bits per heavy atom. The SMILES string of the molecule is O=C(NCCSC1CCCC1)c1cccc(S(=O)(=O)N2CCCCCC2)c1. The van der Waals surface area contributed by atoms with Crippen molar-refractivity contribution < 1.29 is 13.2 Å². The van der Waals surface area contributed by atoms with E-state index in [0.29, 0.717) is 25.2 Å². The summed E-state index contributed by atoms with van der Waals surface area (Å²) in [6.45, 7) is 1.75. The zero-order valence-corrected chi connectivity index (χ0v) is 17.5. The molecule has 7 heteroatoms. The van der Waals surface area contributed by atoms with Crippen LogP contribution in [0.3, 0.4) is 0 Å². The normalized spacial score (nSPS) is 19.7. The minimum Gasteiger partial charge on any atom is -0.351 e. The fraction of sp³-hybridized carbons (Fsp3) is 0.650. The number of nitrogens with zero attached hydrogens (tertiary/aromatic N) is 1. The highest BCUT2D eigenvalue weighted by Crippen LogP contribution is 2.29. The molecule has 1 aromatic rings. The first-order valence-electron chi connectivity index (χ1n) is 10.1. The number of carbonyl (C=O) groups is 1. The third kappa shape index (κ3) is 5.72. The van der Waals surface area contributed by atoms with E-state index in [2.05, 4.69) is 5.32 Å². The molecule has 1 saturated heterocycles. The Morgan fingerprint density at radius 3 is 2.48 bits per heavy atom. The fourth-order valence-electron chi connectivity index (χ4n) is 3.78. The molecule has 2 fully saturated rings. The lowest BCUT2D eigenvalue weighted by atomic mass is 10.2. The number of nitrogens with one attached hydrogen (secondary N) is 1. The number of hydrogen-bond donors (Lipinski definition) is 1. The van der Waals surface area contributed by atoms with Gasteiger partial charge in [0.05, 0.1) is 4.90 Å². The van der Waals surface area contributed by atoms with Gasteiger partial charge in [0.15, 0.2) is 0 Å². The second-order valence-electron chi connectivity index (χ2n) is 7.38. The highest BCUT2D eigenvalue weighted by Gasteiger charge is 2.25. The van der Waals surface area contributed by atoms with Gasteiger partial charge in [-0.2, -0.15) is 16.1 Å². The first-order chi connectivity index (χ1) is 13.1. The van der Waals surface area contributed by atoms with Gasteiger partial charge in [-0.25, -0.2) is 8.42 Å². The van der Waals surface area contributed by atoms with Crippen molar-refractivity contribution >= 4 is 27.7 Å². The zero-order chi connectivity index (χ0) is 19.1. The number of sulfonamides is 1. The molecule has 0 aromatic heterocycles. The molecule has 3 rings (SSSR count). The fourth-order valence-corrected chi connectivity index (χ4v) is 6.56. The van der Waals surface area contributed by atoms with E-state index in [9.17, 15) is 13.2 Å². The Balaban J connectivity index is 1.57. The molecule has 2 aliphatic rings. The summed E-state index contributed by atoms with van der Waals surface area (Å²) in [5, 5.41) is 3.66. The lowest BCUT2D eigenvalue weighted by Gasteiger charge is -2.20. The van der Waals surface area contributed by atoms with Crippen LogP contribution in [-0.4, -0.2) is 49.3 Å². The summed E-state index contributed by atoms with van der Waals surface area (Å²) in [6.07, 6.45) is 9.17. The lowest BCUT2D eigenvalue weighted by molar-refractivity contribution is 0.0956. The van der Waals surface area contributed by atoms with Crippen LogP contribution in [0.2, 0.25) is 0 Å². The highest BCUT2D eigenvalue weighted by molar-refractivity contribution is 7.99. The Morgan fingerprint density at radius 2 is 1.78 bits per heavy atom. The summed E-state index contributed by atoms with van der Waals surface area (Å²) in [7, 11) is -3.53. The summed E-state index contributed by atoms with van der Waals surface area (Å²) in [5.74, 6) is 0.706. The number of amides is 1. The van der Waals surface area contributed by atoms with E-state index in [-0.39, 0.29) is 10.8 Å². The summed E-state index contributed by atoms with van der Waals surface area (Å²) in [4.78, 5) is 12.6. The predicted molar refractivity (Wildman–Crippen MR) is 111 cm³/mol. The minimum atomic E-state index is -3.53. The first-order valence-corrected chi connectivity index (χ1v) is 12.6. The van der Waals surface area contributed by atoms with Crippen molar-refractivity contribution in [3.8, 4) is 0 Å².